The predicted octanol–water partition coefficient (Wildman–Crippen LogP) is 4.42. The van der Waals surface area contributed by atoms with Gasteiger partial charge in [0, 0.05) is 22.9 Å². The number of nitrogens with one attached hydrogen (secondary N) is 2. The molecule has 2 aromatic carbocycles. The Labute approximate surface area is 157 Å². The average molecular weight is 367 g/mol. The van der Waals surface area contributed by atoms with Crippen LogP contribution >= 0.6 is 11.6 Å². The van der Waals surface area contributed by atoms with Crippen molar-refractivity contribution in [1.29, 1.82) is 0 Å². The maximum absolute atomic E-state index is 12.5. The normalized spacial score (nSPS) is 10.4. The monoisotopic (exact) mass is 366 g/mol. The van der Waals surface area contributed by atoms with Gasteiger partial charge in [-0.25, -0.2) is 9.97 Å². The molecule has 0 fully saturated rings. The average Bonchev–Trinajstić information content (AvgIpc) is 2.62. The summed E-state index contributed by atoms with van der Waals surface area (Å²) >= 11 is 6.12. The molecule has 5 nitrogen and oxygen atoms in total. The number of hydrogen-bond acceptors (Lipinski definition) is 4. The molecule has 0 atom stereocenters. The number of benzene rings is 2. The molecule has 0 spiro atoms. The number of anilines is 2. The van der Waals surface area contributed by atoms with Crippen LogP contribution in [0.15, 0.2) is 54.6 Å². The summed E-state index contributed by atoms with van der Waals surface area (Å²) in [6, 6.07) is 16.9. The molecule has 1 aromatic heterocycles. The largest absolute Gasteiger partial charge is 0.347 e. The van der Waals surface area contributed by atoms with Gasteiger partial charge in [-0.1, -0.05) is 47.5 Å². The van der Waals surface area contributed by atoms with Gasteiger partial charge in [0.2, 0.25) is 5.95 Å². The molecular formula is C20H19ClN4O. The molecule has 1 amide bonds. The highest BCUT2D eigenvalue weighted by Crippen LogP contribution is 2.16. The SMILES string of the molecule is Cc1ccc(Nc2nc(C)cc(C(=O)NCc3ccccc3Cl)n2)cc1. The van der Waals surface area contributed by atoms with Gasteiger partial charge in [-0.15, -0.1) is 0 Å². The van der Waals surface area contributed by atoms with Gasteiger partial charge in [0.1, 0.15) is 5.69 Å². The topological polar surface area (TPSA) is 66.9 Å². The maximum Gasteiger partial charge on any atom is 0.270 e. The van der Waals surface area contributed by atoms with Crippen LogP contribution in [0.5, 0.6) is 0 Å². The smallest absolute Gasteiger partial charge is 0.270 e. The zero-order valence-electron chi connectivity index (χ0n) is 14.6. The van der Waals surface area contributed by atoms with Crippen LogP contribution in [-0.2, 0) is 6.54 Å². The van der Waals surface area contributed by atoms with E-state index in [1.165, 1.54) is 5.56 Å². The molecule has 0 aliphatic heterocycles. The molecule has 132 valence electrons. The molecular weight excluding hydrogens is 348 g/mol. The van der Waals surface area contributed by atoms with Gasteiger partial charge in [-0.2, -0.15) is 0 Å². The standard InChI is InChI=1S/C20H19ClN4O/c1-13-7-9-16(10-8-13)24-20-23-14(2)11-18(25-20)19(26)22-12-15-5-3-4-6-17(15)21/h3-11H,12H2,1-2H3,(H,22,26)(H,23,24,25). The summed E-state index contributed by atoms with van der Waals surface area (Å²) < 4.78 is 0. The second-order valence-electron chi connectivity index (χ2n) is 5.98. The van der Waals surface area contributed by atoms with Crippen molar-refractivity contribution in [1.82, 2.24) is 15.3 Å². The Balaban J connectivity index is 1.73. The number of aromatic nitrogens is 2. The fourth-order valence-electron chi connectivity index (χ4n) is 2.41. The van der Waals surface area contributed by atoms with E-state index in [1.54, 1.807) is 12.1 Å². The minimum Gasteiger partial charge on any atom is -0.347 e. The number of hydrogen-bond donors (Lipinski definition) is 2. The van der Waals surface area contributed by atoms with Crippen molar-refractivity contribution < 1.29 is 4.79 Å². The molecule has 0 bridgehead atoms. The molecule has 3 aromatic rings. The lowest BCUT2D eigenvalue weighted by molar-refractivity contribution is 0.0946. The third kappa shape index (κ3) is 4.58. The van der Waals surface area contributed by atoms with Gasteiger partial charge in [0.25, 0.3) is 5.91 Å². The second-order valence-corrected chi connectivity index (χ2v) is 6.39. The van der Waals surface area contributed by atoms with Gasteiger partial charge in [-0.3, -0.25) is 4.79 Å². The van der Waals surface area contributed by atoms with Crippen molar-refractivity contribution in [3.63, 3.8) is 0 Å². The van der Waals surface area contributed by atoms with Crippen LogP contribution in [-0.4, -0.2) is 15.9 Å². The minimum atomic E-state index is -0.276. The molecule has 0 aliphatic rings. The van der Waals surface area contributed by atoms with Crippen molar-refractivity contribution in [3.05, 3.63) is 82.1 Å². The summed E-state index contributed by atoms with van der Waals surface area (Å²) in [7, 11) is 0. The first kappa shape index (κ1) is 17.9. The van der Waals surface area contributed by atoms with E-state index in [-0.39, 0.29) is 5.91 Å². The third-order valence-electron chi connectivity index (χ3n) is 3.79. The summed E-state index contributed by atoms with van der Waals surface area (Å²) in [6.07, 6.45) is 0. The van der Waals surface area contributed by atoms with Gasteiger partial charge < -0.3 is 10.6 Å². The first-order valence-corrected chi connectivity index (χ1v) is 8.60. The van der Waals surface area contributed by atoms with Crippen LogP contribution in [0.4, 0.5) is 11.6 Å². The van der Waals surface area contributed by atoms with E-state index in [4.69, 9.17) is 11.6 Å². The van der Waals surface area contributed by atoms with Crippen molar-refractivity contribution in [2.45, 2.75) is 20.4 Å². The van der Waals surface area contributed by atoms with Crippen LogP contribution < -0.4 is 10.6 Å². The molecule has 3 rings (SSSR count). The molecule has 0 aliphatic carbocycles. The number of nitrogens with zero attached hydrogens (tertiary/aromatic N) is 2. The van der Waals surface area contributed by atoms with Crippen LogP contribution in [0.1, 0.15) is 27.3 Å². The zero-order chi connectivity index (χ0) is 18.5. The molecule has 0 saturated carbocycles. The van der Waals surface area contributed by atoms with Crippen molar-refractivity contribution >= 4 is 29.1 Å². The van der Waals surface area contributed by atoms with Gasteiger partial charge in [-0.05, 0) is 43.7 Å². The molecule has 0 unspecified atom stereocenters. The van der Waals surface area contributed by atoms with E-state index in [0.29, 0.717) is 28.9 Å². The summed E-state index contributed by atoms with van der Waals surface area (Å²) in [5.41, 5.74) is 3.90. The predicted molar refractivity (Wildman–Crippen MR) is 104 cm³/mol. The number of amides is 1. The minimum absolute atomic E-state index is 0.276. The highest BCUT2D eigenvalue weighted by Gasteiger charge is 2.11. The van der Waals surface area contributed by atoms with Crippen molar-refractivity contribution in [2.24, 2.45) is 0 Å². The summed E-state index contributed by atoms with van der Waals surface area (Å²) in [4.78, 5) is 21.1. The molecule has 1 heterocycles. The van der Waals surface area contributed by atoms with Crippen LogP contribution in [0.25, 0.3) is 0 Å². The summed E-state index contributed by atoms with van der Waals surface area (Å²) in [5, 5.41) is 6.59. The van der Waals surface area contributed by atoms with Gasteiger partial charge >= 0.3 is 0 Å². The van der Waals surface area contributed by atoms with E-state index in [0.717, 1.165) is 11.3 Å². The highest BCUT2D eigenvalue weighted by molar-refractivity contribution is 6.31. The summed E-state index contributed by atoms with van der Waals surface area (Å²) in [5.74, 6) is 0.110. The lowest BCUT2D eigenvalue weighted by Gasteiger charge is -2.10. The lowest BCUT2D eigenvalue weighted by Crippen LogP contribution is -2.24. The van der Waals surface area contributed by atoms with E-state index >= 15 is 0 Å². The van der Waals surface area contributed by atoms with Crippen LogP contribution in [0.2, 0.25) is 5.02 Å². The first-order valence-electron chi connectivity index (χ1n) is 8.22. The number of aryl methyl sites for hydroxylation is 2. The second kappa shape index (κ2) is 7.97. The van der Waals surface area contributed by atoms with Crippen molar-refractivity contribution in [3.8, 4) is 0 Å². The molecule has 6 heteroatoms. The number of carbonyl (C=O) groups excluding carboxylic acids is 1. The molecule has 0 saturated heterocycles. The Hall–Kier alpha value is -2.92. The number of rotatable bonds is 5. The maximum atomic E-state index is 12.5. The fourth-order valence-corrected chi connectivity index (χ4v) is 2.62. The Bertz CT molecular complexity index is 925. The highest BCUT2D eigenvalue weighted by atomic mass is 35.5. The van der Waals surface area contributed by atoms with E-state index < -0.39 is 0 Å². The number of halogens is 1. The zero-order valence-corrected chi connectivity index (χ0v) is 15.3. The Morgan fingerprint density at radius 1 is 1.04 bits per heavy atom. The molecule has 26 heavy (non-hydrogen) atoms. The Kier molecular flexibility index (Phi) is 5.49. The van der Waals surface area contributed by atoms with Crippen molar-refractivity contribution in [2.75, 3.05) is 5.32 Å². The van der Waals surface area contributed by atoms with Crippen LogP contribution in [0, 0.1) is 13.8 Å². The van der Waals surface area contributed by atoms with Gasteiger partial charge in [0.05, 0.1) is 0 Å². The fraction of sp³-hybridized carbons (Fsp3) is 0.150. The van der Waals surface area contributed by atoms with Crippen LogP contribution in [0.3, 0.4) is 0 Å². The van der Waals surface area contributed by atoms with E-state index in [1.807, 2.05) is 56.3 Å². The lowest BCUT2D eigenvalue weighted by atomic mass is 10.2. The number of carbonyl (C=O) groups is 1. The Morgan fingerprint density at radius 3 is 2.50 bits per heavy atom. The van der Waals surface area contributed by atoms with E-state index in [9.17, 15) is 4.79 Å². The quantitative estimate of drug-likeness (QED) is 0.701. The molecule has 0 radical (unpaired) electrons. The first-order chi connectivity index (χ1) is 12.5. The Morgan fingerprint density at radius 2 is 1.77 bits per heavy atom. The summed E-state index contributed by atoms with van der Waals surface area (Å²) in [6.45, 7) is 4.18. The van der Waals surface area contributed by atoms with E-state index in [2.05, 4.69) is 20.6 Å². The third-order valence-corrected chi connectivity index (χ3v) is 4.16. The van der Waals surface area contributed by atoms with Gasteiger partial charge in [0.15, 0.2) is 0 Å². The molecule has 2 N–H and O–H groups in total.